The lowest BCUT2D eigenvalue weighted by atomic mass is 10.1. The third kappa shape index (κ3) is 5.71. The highest BCUT2D eigenvalue weighted by molar-refractivity contribution is 5.91. The van der Waals surface area contributed by atoms with Gasteiger partial charge in [-0.15, -0.1) is 0 Å². The number of benzene rings is 1. The monoisotopic (exact) mass is 341 g/mol. The SMILES string of the molecule is Cc1cccc(C=CC(=O)N2CCN(CCC(=O)NC3CC3)CC2)c1. The summed E-state index contributed by atoms with van der Waals surface area (Å²) >= 11 is 0. The van der Waals surface area contributed by atoms with Crippen LogP contribution in [0.2, 0.25) is 0 Å². The van der Waals surface area contributed by atoms with Crippen LogP contribution in [0.3, 0.4) is 0 Å². The first-order valence-corrected chi connectivity index (χ1v) is 9.15. The number of carbonyl (C=O) groups is 2. The first kappa shape index (κ1) is 17.7. The molecule has 1 aliphatic carbocycles. The van der Waals surface area contributed by atoms with Gasteiger partial charge in [0.1, 0.15) is 0 Å². The molecule has 5 nitrogen and oxygen atoms in total. The number of aryl methyl sites for hydroxylation is 1. The summed E-state index contributed by atoms with van der Waals surface area (Å²) in [5.74, 6) is 0.217. The average molecular weight is 341 g/mol. The van der Waals surface area contributed by atoms with Crippen LogP contribution in [-0.4, -0.2) is 60.4 Å². The molecule has 1 N–H and O–H groups in total. The summed E-state index contributed by atoms with van der Waals surface area (Å²) in [7, 11) is 0. The van der Waals surface area contributed by atoms with Gasteiger partial charge in [-0.3, -0.25) is 14.5 Å². The van der Waals surface area contributed by atoms with Crippen molar-refractivity contribution in [1.29, 1.82) is 0 Å². The van der Waals surface area contributed by atoms with Gasteiger partial charge in [0.05, 0.1) is 0 Å². The quantitative estimate of drug-likeness (QED) is 0.803. The van der Waals surface area contributed by atoms with Crippen LogP contribution in [0.25, 0.3) is 6.08 Å². The van der Waals surface area contributed by atoms with E-state index in [0.29, 0.717) is 12.5 Å². The average Bonchev–Trinajstić information content (AvgIpc) is 3.42. The number of amides is 2. The minimum atomic E-state index is 0.0626. The first-order chi connectivity index (χ1) is 12.1. The summed E-state index contributed by atoms with van der Waals surface area (Å²) in [6, 6.07) is 8.54. The maximum Gasteiger partial charge on any atom is 0.246 e. The van der Waals surface area contributed by atoms with Gasteiger partial charge in [0.25, 0.3) is 0 Å². The Bertz CT molecular complexity index is 644. The van der Waals surface area contributed by atoms with Crippen molar-refractivity contribution < 1.29 is 9.59 Å². The predicted octanol–water partition coefficient (Wildman–Crippen LogP) is 1.82. The third-order valence-corrected chi connectivity index (χ3v) is 4.74. The van der Waals surface area contributed by atoms with E-state index in [-0.39, 0.29) is 11.8 Å². The van der Waals surface area contributed by atoms with Crippen molar-refractivity contribution in [3.8, 4) is 0 Å². The normalized spacial score (nSPS) is 18.5. The standard InChI is InChI=1S/C20H27N3O2/c1-16-3-2-4-17(15-16)5-8-20(25)23-13-11-22(12-14-23)10-9-19(24)21-18-6-7-18/h2-5,8,15,18H,6-7,9-14H2,1H3,(H,21,24). The van der Waals surface area contributed by atoms with E-state index in [2.05, 4.69) is 16.3 Å². The smallest absolute Gasteiger partial charge is 0.246 e. The Morgan fingerprint density at radius 3 is 2.64 bits per heavy atom. The Morgan fingerprint density at radius 2 is 1.96 bits per heavy atom. The van der Waals surface area contributed by atoms with Crippen molar-refractivity contribution in [1.82, 2.24) is 15.1 Å². The Hall–Kier alpha value is -2.14. The number of carbonyl (C=O) groups excluding carboxylic acids is 2. The number of piperazine rings is 1. The lowest BCUT2D eigenvalue weighted by Gasteiger charge is -2.34. The topological polar surface area (TPSA) is 52.7 Å². The minimum absolute atomic E-state index is 0.0626. The second kappa shape index (κ2) is 8.30. The van der Waals surface area contributed by atoms with Gasteiger partial charge in [-0.05, 0) is 31.4 Å². The molecule has 0 spiro atoms. The number of hydrogen-bond donors (Lipinski definition) is 1. The van der Waals surface area contributed by atoms with E-state index < -0.39 is 0 Å². The Balaban J connectivity index is 1.39. The molecule has 2 fully saturated rings. The van der Waals surface area contributed by atoms with E-state index in [1.807, 2.05) is 36.1 Å². The van der Waals surface area contributed by atoms with Crippen LogP contribution >= 0.6 is 0 Å². The van der Waals surface area contributed by atoms with Crippen molar-refractivity contribution in [3.05, 3.63) is 41.5 Å². The number of nitrogens with one attached hydrogen (secondary N) is 1. The van der Waals surface area contributed by atoms with Gasteiger partial charge in [0, 0.05) is 51.3 Å². The summed E-state index contributed by atoms with van der Waals surface area (Å²) in [6.45, 7) is 5.94. The van der Waals surface area contributed by atoms with Crippen LogP contribution in [0.15, 0.2) is 30.3 Å². The predicted molar refractivity (Wildman–Crippen MR) is 99.0 cm³/mol. The lowest BCUT2D eigenvalue weighted by Crippen LogP contribution is -2.48. The summed E-state index contributed by atoms with van der Waals surface area (Å²) in [4.78, 5) is 28.2. The first-order valence-electron chi connectivity index (χ1n) is 9.15. The molecular formula is C20H27N3O2. The zero-order chi connectivity index (χ0) is 17.6. The maximum absolute atomic E-state index is 12.3. The molecule has 0 aromatic heterocycles. The van der Waals surface area contributed by atoms with E-state index in [1.165, 1.54) is 5.56 Å². The largest absolute Gasteiger partial charge is 0.353 e. The lowest BCUT2D eigenvalue weighted by molar-refractivity contribution is -0.128. The Kier molecular flexibility index (Phi) is 5.87. The van der Waals surface area contributed by atoms with Crippen molar-refractivity contribution in [2.45, 2.75) is 32.2 Å². The highest BCUT2D eigenvalue weighted by Crippen LogP contribution is 2.18. The highest BCUT2D eigenvalue weighted by atomic mass is 16.2. The van der Waals surface area contributed by atoms with Crippen LogP contribution in [0.5, 0.6) is 0 Å². The van der Waals surface area contributed by atoms with E-state index in [4.69, 9.17) is 0 Å². The molecule has 5 heteroatoms. The molecule has 1 saturated carbocycles. The van der Waals surface area contributed by atoms with E-state index in [1.54, 1.807) is 6.08 Å². The summed E-state index contributed by atoms with van der Waals surface area (Å²) in [6.07, 6.45) is 6.35. The maximum atomic E-state index is 12.3. The molecule has 1 aliphatic heterocycles. The molecular weight excluding hydrogens is 314 g/mol. The summed E-state index contributed by atoms with van der Waals surface area (Å²) in [5, 5.41) is 3.02. The van der Waals surface area contributed by atoms with Gasteiger partial charge in [-0.25, -0.2) is 0 Å². The van der Waals surface area contributed by atoms with Gasteiger partial charge in [0.15, 0.2) is 0 Å². The van der Waals surface area contributed by atoms with Gasteiger partial charge < -0.3 is 10.2 Å². The fraction of sp³-hybridized carbons (Fsp3) is 0.500. The van der Waals surface area contributed by atoms with E-state index in [0.717, 1.165) is 51.1 Å². The molecule has 1 saturated heterocycles. The second-order valence-corrected chi connectivity index (χ2v) is 7.01. The molecule has 0 bridgehead atoms. The molecule has 2 amide bonds. The molecule has 134 valence electrons. The number of nitrogens with zero attached hydrogens (tertiary/aromatic N) is 2. The second-order valence-electron chi connectivity index (χ2n) is 7.01. The van der Waals surface area contributed by atoms with Crippen molar-refractivity contribution in [3.63, 3.8) is 0 Å². The molecule has 2 aliphatic rings. The van der Waals surface area contributed by atoms with Crippen molar-refractivity contribution in [2.75, 3.05) is 32.7 Å². The fourth-order valence-corrected chi connectivity index (χ4v) is 3.03. The van der Waals surface area contributed by atoms with Crippen LogP contribution in [-0.2, 0) is 9.59 Å². The molecule has 1 aromatic carbocycles. The highest BCUT2D eigenvalue weighted by Gasteiger charge is 2.24. The van der Waals surface area contributed by atoms with Gasteiger partial charge in [0.2, 0.25) is 11.8 Å². The zero-order valence-corrected chi connectivity index (χ0v) is 14.9. The number of hydrogen-bond acceptors (Lipinski definition) is 3. The minimum Gasteiger partial charge on any atom is -0.353 e. The van der Waals surface area contributed by atoms with Crippen LogP contribution in [0, 0.1) is 6.92 Å². The van der Waals surface area contributed by atoms with E-state index >= 15 is 0 Å². The third-order valence-electron chi connectivity index (χ3n) is 4.74. The molecule has 25 heavy (non-hydrogen) atoms. The van der Waals surface area contributed by atoms with Crippen molar-refractivity contribution >= 4 is 17.9 Å². The van der Waals surface area contributed by atoms with Gasteiger partial charge in [-0.2, -0.15) is 0 Å². The molecule has 0 unspecified atom stereocenters. The fourth-order valence-electron chi connectivity index (χ4n) is 3.03. The van der Waals surface area contributed by atoms with Crippen LogP contribution in [0.4, 0.5) is 0 Å². The molecule has 0 atom stereocenters. The molecule has 1 heterocycles. The van der Waals surface area contributed by atoms with Gasteiger partial charge in [-0.1, -0.05) is 29.8 Å². The summed E-state index contributed by atoms with van der Waals surface area (Å²) in [5.41, 5.74) is 2.24. The van der Waals surface area contributed by atoms with E-state index in [9.17, 15) is 9.59 Å². The molecule has 3 rings (SSSR count). The Morgan fingerprint density at radius 1 is 1.20 bits per heavy atom. The molecule has 1 aromatic rings. The number of rotatable bonds is 6. The van der Waals surface area contributed by atoms with Crippen molar-refractivity contribution in [2.24, 2.45) is 0 Å². The van der Waals surface area contributed by atoms with Crippen LogP contribution in [0.1, 0.15) is 30.4 Å². The molecule has 0 radical (unpaired) electrons. The zero-order valence-electron chi connectivity index (χ0n) is 14.9. The van der Waals surface area contributed by atoms with Gasteiger partial charge >= 0.3 is 0 Å². The Labute approximate surface area is 149 Å². The van der Waals surface area contributed by atoms with Crippen LogP contribution < -0.4 is 5.32 Å². The summed E-state index contributed by atoms with van der Waals surface area (Å²) < 4.78 is 0.